The first-order chi connectivity index (χ1) is 12.3. The molecule has 154 valence electrons. The molecule has 0 amide bonds. The van der Waals surface area contributed by atoms with Crippen molar-refractivity contribution in [2.45, 2.75) is 24.8 Å². The van der Waals surface area contributed by atoms with Crippen LogP contribution in [0.2, 0.25) is 0 Å². The lowest BCUT2D eigenvalue weighted by Gasteiger charge is -2.22. The van der Waals surface area contributed by atoms with Crippen molar-refractivity contribution in [3.05, 3.63) is 24.3 Å². The Morgan fingerprint density at radius 2 is 1.37 bits per heavy atom. The first kappa shape index (κ1) is 22.5. The van der Waals surface area contributed by atoms with Gasteiger partial charge in [-0.25, -0.2) is 9.13 Å². The molecule has 1 heterocycles. The molecule has 0 aliphatic carbocycles. The molecule has 0 radical (unpaired) electrons. The molecule has 13 nitrogen and oxygen atoms in total. The minimum atomic E-state index is -6.05. The Hall–Kier alpha value is -0.810. The molecule has 0 spiro atoms. The van der Waals surface area contributed by atoms with Crippen molar-refractivity contribution in [3.8, 4) is 11.5 Å². The van der Waals surface area contributed by atoms with Gasteiger partial charge < -0.3 is 44.0 Å². The van der Waals surface area contributed by atoms with E-state index in [4.69, 9.17) is 24.0 Å². The van der Waals surface area contributed by atoms with Gasteiger partial charge in [0.1, 0.15) is 23.7 Å². The number of aliphatic hydroxyl groups excluding tert-OH is 2. The van der Waals surface area contributed by atoms with E-state index in [0.29, 0.717) is 5.75 Å². The van der Waals surface area contributed by atoms with E-state index in [1.54, 1.807) is 0 Å². The fourth-order valence-electron chi connectivity index (χ4n) is 1.93. The highest BCUT2D eigenvalue weighted by atomic mass is 32.5. The molecule has 0 saturated carbocycles. The average Bonchev–Trinajstić information content (AvgIpc) is 2.82. The SMILES string of the molecule is COc1ccc(O[C@@H]2O[C@H](OP(=O)(O)P(=O)(O)P(=O)(O)O)[C@@H](O)[C@H]2O)cc1. The third-order valence-corrected chi connectivity index (χ3v) is 13.6. The lowest BCUT2D eigenvalue weighted by Crippen LogP contribution is -2.35. The minimum absolute atomic E-state index is 0.142. The number of methoxy groups -OCH3 is 1. The van der Waals surface area contributed by atoms with Crippen molar-refractivity contribution in [1.29, 1.82) is 0 Å². The van der Waals surface area contributed by atoms with Crippen LogP contribution in [0.15, 0.2) is 24.3 Å². The van der Waals surface area contributed by atoms with Crippen molar-refractivity contribution in [1.82, 2.24) is 0 Å². The molecule has 1 saturated heterocycles. The Balaban J connectivity index is 2.13. The molecule has 0 bridgehead atoms. The second-order valence-electron chi connectivity index (χ2n) is 5.27. The summed E-state index contributed by atoms with van der Waals surface area (Å²) < 4.78 is 53.7. The molecule has 1 aromatic carbocycles. The Morgan fingerprint density at radius 3 is 1.85 bits per heavy atom. The van der Waals surface area contributed by atoms with Gasteiger partial charge in [0.2, 0.25) is 6.29 Å². The standard InChI is InChI=1S/C11H17O13P3/c1-21-6-2-4-7(5-3-6)22-10-8(12)9(13)11(23-10)24-26(17,18)27(19,20)25(14,15)16/h2-5,8-13H,1H3,(H,17,18)(H,19,20)(H2,14,15,16)/t8-,9+,10-,11-/m1/s1. The van der Waals surface area contributed by atoms with Gasteiger partial charge in [-0.1, -0.05) is 0 Å². The van der Waals surface area contributed by atoms with Crippen LogP contribution in [0.3, 0.4) is 0 Å². The number of hydrogen-bond acceptors (Lipinski definition) is 9. The van der Waals surface area contributed by atoms with Crippen LogP contribution in [0, 0.1) is 0 Å². The maximum Gasteiger partial charge on any atom is 0.424 e. The molecule has 2 unspecified atom stereocenters. The lowest BCUT2D eigenvalue weighted by molar-refractivity contribution is -0.161. The van der Waals surface area contributed by atoms with Gasteiger partial charge in [-0.15, -0.1) is 0 Å². The highest BCUT2D eigenvalue weighted by molar-refractivity contribution is 8.60. The van der Waals surface area contributed by atoms with Gasteiger partial charge in [0.15, 0.2) is 6.29 Å². The van der Waals surface area contributed by atoms with E-state index in [1.165, 1.54) is 31.4 Å². The zero-order valence-corrected chi connectivity index (χ0v) is 16.2. The molecule has 6 atom stereocenters. The van der Waals surface area contributed by atoms with E-state index in [0.717, 1.165) is 0 Å². The van der Waals surface area contributed by atoms with Crippen molar-refractivity contribution in [2.75, 3.05) is 7.11 Å². The molecule has 27 heavy (non-hydrogen) atoms. The molecular formula is C11H17O13P3. The zero-order chi connectivity index (χ0) is 20.6. The second-order valence-corrected chi connectivity index (χ2v) is 15.8. The van der Waals surface area contributed by atoms with Gasteiger partial charge in [-0.05, 0) is 24.3 Å². The van der Waals surface area contributed by atoms with E-state index in [1.807, 2.05) is 0 Å². The Labute approximate surface area is 152 Å². The van der Waals surface area contributed by atoms with Crippen molar-refractivity contribution in [3.63, 3.8) is 0 Å². The van der Waals surface area contributed by atoms with E-state index >= 15 is 0 Å². The normalized spacial score (nSPS) is 30.3. The first-order valence-corrected chi connectivity index (χ1v) is 13.3. The van der Waals surface area contributed by atoms with Crippen LogP contribution in [0.4, 0.5) is 0 Å². The summed E-state index contributed by atoms with van der Waals surface area (Å²) in [7, 11) is -10.4. The molecule has 6 N–H and O–H groups in total. The Bertz CT molecular complexity index is 804. The van der Waals surface area contributed by atoms with Crippen LogP contribution in [0.5, 0.6) is 11.5 Å². The predicted molar refractivity (Wildman–Crippen MR) is 87.1 cm³/mol. The zero-order valence-electron chi connectivity index (χ0n) is 13.5. The first-order valence-electron chi connectivity index (χ1n) is 7.03. The fourth-order valence-corrected chi connectivity index (χ4v) is 7.36. The van der Waals surface area contributed by atoms with Crippen LogP contribution in [0.25, 0.3) is 0 Å². The molecule has 1 aliphatic heterocycles. The van der Waals surface area contributed by atoms with Crippen LogP contribution < -0.4 is 9.47 Å². The van der Waals surface area contributed by atoms with Gasteiger partial charge in [0.05, 0.1) is 7.11 Å². The Kier molecular flexibility index (Phi) is 6.58. The smallest absolute Gasteiger partial charge is 0.424 e. The summed E-state index contributed by atoms with van der Waals surface area (Å²) in [5, 5.41) is 19.7. The van der Waals surface area contributed by atoms with Crippen LogP contribution in [0.1, 0.15) is 0 Å². The summed E-state index contributed by atoms with van der Waals surface area (Å²) in [5.41, 5.74) is 0. The highest BCUT2D eigenvalue weighted by Gasteiger charge is 2.60. The summed E-state index contributed by atoms with van der Waals surface area (Å²) in [4.78, 5) is 36.3. The number of aliphatic hydroxyl groups is 2. The third kappa shape index (κ3) is 4.61. The Morgan fingerprint density at radius 1 is 0.889 bits per heavy atom. The van der Waals surface area contributed by atoms with Crippen molar-refractivity contribution < 1.29 is 62.2 Å². The molecular weight excluding hydrogens is 433 g/mol. The quantitative estimate of drug-likeness (QED) is 0.302. The summed E-state index contributed by atoms with van der Waals surface area (Å²) in [6.07, 6.45) is -7.63. The number of hydrogen-bond donors (Lipinski definition) is 6. The summed E-state index contributed by atoms with van der Waals surface area (Å²) >= 11 is 0. The summed E-state index contributed by atoms with van der Waals surface area (Å²) in [5.74, 6) is 0.636. The summed E-state index contributed by atoms with van der Waals surface area (Å²) in [6, 6.07) is 5.85. The van der Waals surface area contributed by atoms with Gasteiger partial charge in [0.25, 0.3) is 0 Å². The molecule has 2 rings (SSSR count). The third-order valence-electron chi connectivity index (χ3n) is 3.40. The van der Waals surface area contributed by atoms with Crippen LogP contribution >= 0.6 is 21.3 Å². The van der Waals surface area contributed by atoms with E-state index in [-0.39, 0.29) is 5.75 Å². The molecule has 0 aromatic heterocycles. The number of benzene rings is 1. The largest absolute Gasteiger partial charge is 0.497 e. The number of ether oxygens (including phenoxy) is 3. The minimum Gasteiger partial charge on any atom is -0.497 e. The monoisotopic (exact) mass is 450 g/mol. The van der Waals surface area contributed by atoms with Gasteiger partial charge >= 0.3 is 21.3 Å². The maximum absolute atomic E-state index is 11.8. The van der Waals surface area contributed by atoms with E-state index < -0.39 is 46.1 Å². The van der Waals surface area contributed by atoms with E-state index in [2.05, 4.69) is 4.52 Å². The van der Waals surface area contributed by atoms with Gasteiger partial charge in [-0.2, -0.15) is 0 Å². The predicted octanol–water partition coefficient (Wildman–Crippen LogP) is -0.0417. The fraction of sp³-hybridized carbons (Fsp3) is 0.455. The van der Waals surface area contributed by atoms with Crippen LogP contribution in [-0.2, 0) is 23.0 Å². The number of rotatable bonds is 7. The second kappa shape index (κ2) is 7.90. The molecule has 1 aromatic rings. The average molecular weight is 450 g/mol. The van der Waals surface area contributed by atoms with Crippen molar-refractivity contribution >= 4 is 21.3 Å². The lowest BCUT2D eigenvalue weighted by atomic mass is 10.2. The van der Waals surface area contributed by atoms with Gasteiger partial charge in [-0.3, -0.25) is 9.09 Å². The molecule has 1 fully saturated rings. The van der Waals surface area contributed by atoms with E-state index in [9.17, 15) is 33.7 Å². The topological polar surface area (TPSA) is 210 Å². The highest BCUT2D eigenvalue weighted by Crippen LogP contribution is 2.94. The maximum atomic E-state index is 11.8. The van der Waals surface area contributed by atoms with Crippen molar-refractivity contribution in [2.24, 2.45) is 0 Å². The molecule has 16 heteroatoms. The van der Waals surface area contributed by atoms with Gasteiger partial charge in [0, 0.05) is 0 Å². The summed E-state index contributed by atoms with van der Waals surface area (Å²) in [6.45, 7) is -6.05. The van der Waals surface area contributed by atoms with Crippen LogP contribution in [-0.4, -0.2) is 61.7 Å². The molecule has 1 aliphatic rings.